The van der Waals surface area contributed by atoms with Crippen molar-refractivity contribution in [3.05, 3.63) is 28.2 Å². The van der Waals surface area contributed by atoms with Gasteiger partial charge in [-0.05, 0) is 12.1 Å². The predicted octanol–water partition coefficient (Wildman–Crippen LogP) is 1.38. The molecule has 0 fully saturated rings. The first-order valence-electron chi connectivity index (χ1n) is 4.69. The molecule has 0 aromatic heterocycles. The predicted molar refractivity (Wildman–Crippen MR) is 65.1 cm³/mol. The molecule has 0 bridgehead atoms. The fraction of sp³-hybridized carbons (Fsp3) is 0.300. The molecule has 1 atom stereocenters. The van der Waals surface area contributed by atoms with Gasteiger partial charge in [0.2, 0.25) is 6.10 Å². The molecule has 1 rings (SSSR count). The molecule has 0 aliphatic carbocycles. The molecule has 0 saturated carbocycles. The third-order valence-electron chi connectivity index (χ3n) is 1.92. The van der Waals surface area contributed by atoms with E-state index in [0.29, 0.717) is 15.8 Å². The van der Waals surface area contributed by atoms with Crippen molar-refractivity contribution >= 4 is 29.1 Å². The number of hydrogen-bond acceptors (Lipinski definition) is 4. The highest BCUT2D eigenvalue weighted by Gasteiger charge is 2.19. The van der Waals surface area contributed by atoms with Crippen LogP contribution in [0.3, 0.4) is 0 Å². The van der Waals surface area contributed by atoms with E-state index in [4.69, 9.17) is 38.5 Å². The van der Waals surface area contributed by atoms with E-state index in [1.165, 1.54) is 13.2 Å². The molecule has 0 saturated heterocycles. The van der Waals surface area contributed by atoms with Crippen LogP contribution in [0.2, 0.25) is 10.0 Å². The number of ether oxygens (including phenoxy) is 2. The number of carbonyl (C=O) groups is 1. The summed E-state index contributed by atoms with van der Waals surface area (Å²) in [5, 5.41) is 0.749. The number of nitrogens with two attached hydrogens (primary N) is 1. The first-order valence-corrected chi connectivity index (χ1v) is 5.45. The van der Waals surface area contributed by atoms with Crippen LogP contribution < -0.4 is 16.0 Å². The van der Waals surface area contributed by atoms with Crippen molar-refractivity contribution in [2.45, 2.75) is 6.10 Å². The van der Waals surface area contributed by atoms with E-state index in [1.54, 1.807) is 12.1 Å². The zero-order valence-electron chi connectivity index (χ0n) is 9.07. The van der Waals surface area contributed by atoms with Gasteiger partial charge in [0.1, 0.15) is 5.75 Å². The zero-order valence-corrected chi connectivity index (χ0v) is 10.6. The van der Waals surface area contributed by atoms with E-state index in [0.717, 1.165) is 0 Å². The Kier molecular flexibility index (Phi) is 5.50. The third kappa shape index (κ3) is 4.05. The maximum Gasteiger partial charge on any atom is 0.277 e. The van der Waals surface area contributed by atoms with Gasteiger partial charge in [-0.3, -0.25) is 10.2 Å². The van der Waals surface area contributed by atoms with Crippen molar-refractivity contribution in [1.29, 1.82) is 0 Å². The number of carbonyl (C=O) groups excluding carboxylic acids is 1. The molecule has 94 valence electrons. The number of hydrazine groups is 1. The molecular formula is C10H12Cl2N2O3. The highest BCUT2D eigenvalue weighted by molar-refractivity contribution is 6.42. The molecule has 0 aliphatic heterocycles. The highest BCUT2D eigenvalue weighted by Crippen LogP contribution is 2.26. The maximum atomic E-state index is 11.4. The average Bonchev–Trinajstić information content (AvgIpc) is 2.32. The molecule has 0 spiro atoms. The summed E-state index contributed by atoms with van der Waals surface area (Å²) in [5.41, 5.74) is 1.99. The lowest BCUT2D eigenvalue weighted by atomic mass is 10.3. The minimum Gasteiger partial charge on any atom is -0.478 e. The van der Waals surface area contributed by atoms with Crippen LogP contribution in [-0.4, -0.2) is 25.7 Å². The normalized spacial score (nSPS) is 12.0. The van der Waals surface area contributed by atoms with Crippen LogP contribution in [0.1, 0.15) is 0 Å². The van der Waals surface area contributed by atoms with Crippen LogP contribution in [0.25, 0.3) is 0 Å². The Morgan fingerprint density at radius 1 is 1.47 bits per heavy atom. The van der Waals surface area contributed by atoms with E-state index in [2.05, 4.69) is 0 Å². The number of halogens is 2. The van der Waals surface area contributed by atoms with Crippen LogP contribution in [0, 0.1) is 0 Å². The second-order valence-electron chi connectivity index (χ2n) is 3.15. The van der Waals surface area contributed by atoms with Crippen LogP contribution in [0.15, 0.2) is 18.2 Å². The quantitative estimate of drug-likeness (QED) is 0.485. The minimum atomic E-state index is -0.845. The lowest BCUT2D eigenvalue weighted by Crippen LogP contribution is -2.44. The summed E-state index contributed by atoms with van der Waals surface area (Å²) in [6.07, 6.45) is -0.845. The summed E-state index contributed by atoms with van der Waals surface area (Å²) in [4.78, 5) is 11.4. The van der Waals surface area contributed by atoms with E-state index in [1.807, 2.05) is 5.43 Å². The Balaban J connectivity index is 2.78. The molecule has 1 aromatic rings. The molecule has 17 heavy (non-hydrogen) atoms. The monoisotopic (exact) mass is 278 g/mol. The van der Waals surface area contributed by atoms with Crippen molar-refractivity contribution in [2.75, 3.05) is 13.7 Å². The summed E-state index contributed by atoms with van der Waals surface area (Å²) in [7, 11) is 1.45. The molecular weight excluding hydrogens is 267 g/mol. The van der Waals surface area contributed by atoms with Gasteiger partial charge in [-0.15, -0.1) is 0 Å². The van der Waals surface area contributed by atoms with E-state index >= 15 is 0 Å². The number of amides is 1. The molecule has 0 heterocycles. The van der Waals surface area contributed by atoms with Crippen molar-refractivity contribution in [1.82, 2.24) is 5.43 Å². The fourth-order valence-corrected chi connectivity index (χ4v) is 1.41. The van der Waals surface area contributed by atoms with Crippen molar-refractivity contribution in [2.24, 2.45) is 5.84 Å². The summed E-state index contributed by atoms with van der Waals surface area (Å²) in [6.45, 7) is 0.0727. The van der Waals surface area contributed by atoms with Gasteiger partial charge in [-0.25, -0.2) is 5.84 Å². The Morgan fingerprint density at radius 3 is 2.71 bits per heavy atom. The van der Waals surface area contributed by atoms with Gasteiger partial charge in [0.15, 0.2) is 0 Å². The van der Waals surface area contributed by atoms with Gasteiger partial charge in [0, 0.05) is 13.2 Å². The number of methoxy groups -OCH3 is 1. The second kappa shape index (κ2) is 6.66. The second-order valence-corrected chi connectivity index (χ2v) is 3.96. The fourth-order valence-electron chi connectivity index (χ4n) is 1.12. The zero-order chi connectivity index (χ0) is 12.8. The summed E-state index contributed by atoms with van der Waals surface area (Å²) in [6, 6.07) is 4.68. The van der Waals surface area contributed by atoms with Crippen LogP contribution in [-0.2, 0) is 9.53 Å². The van der Waals surface area contributed by atoms with E-state index in [-0.39, 0.29) is 6.61 Å². The molecule has 7 heteroatoms. The van der Waals surface area contributed by atoms with Crippen molar-refractivity contribution < 1.29 is 14.3 Å². The average molecular weight is 279 g/mol. The van der Waals surface area contributed by atoms with Gasteiger partial charge in [-0.2, -0.15) is 0 Å². The highest BCUT2D eigenvalue weighted by atomic mass is 35.5. The van der Waals surface area contributed by atoms with Crippen LogP contribution >= 0.6 is 23.2 Å². The third-order valence-corrected chi connectivity index (χ3v) is 2.66. The van der Waals surface area contributed by atoms with Gasteiger partial charge < -0.3 is 9.47 Å². The molecule has 3 N–H and O–H groups in total. The van der Waals surface area contributed by atoms with Gasteiger partial charge in [0.05, 0.1) is 16.7 Å². The van der Waals surface area contributed by atoms with Crippen LogP contribution in [0.4, 0.5) is 0 Å². The summed E-state index contributed by atoms with van der Waals surface area (Å²) in [5.74, 6) is 4.95. The molecule has 0 radical (unpaired) electrons. The molecule has 1 aromatic carbocycles. The number of nitrogens with one attached hydrogen (secondary N) is 1. The van der Waals surface area contributed by atoms with Gasteiger partial charge in [-0.1, -0.05) is 23.2 Å². The van der Waals surface area contributed by atoms with Crippen molar-refractivity contribution in [3.63, 3.8) is 0 Å². The number of benzene rings is 1. The molecule has 1 amide bonds. The number of rotatable bonds is 5. The number of hydrogen-bond donors (Lipinski definition) is 2. The van der Waals surface area contributed by atoms with Gasteiger partial charge >= 0.3 is 0 Å². The summed E-state index contributed by atoms with van der Waals surface area (Å²) >= 11 is 11.6. The minimum absolute atomic E-state index is 0.0727. The maximum absolute atomic E-state index is 11.4. The Bertz CT molecular complexity index is 401. The van der Waals surface area contributed by atoms with Crippen molar-refractivity contribution in [3.8, 4) is 5.75 Å². The standard InChI is InChI=1S/C10H12Cl2N2O3/c1-16-5-9(10(15)14-13)17-6-2-3-7(11)8(12)4-6/h2-4,9H,5,13H2,1H3,(H,14,15). The van der Waals surface area contributed by atoms with E-state index in [9.17, 15) is 4.79 Å². The molecule has 0 aliphatic rings. The smallest absolute Gasteiger partial charge is 0.277 e. The molecule has 1 unspecified atom stereocenters. The van der Waals surface area contributed by atoms with E-state index < -0.39 is 12.0 Å². The Morgan fingerprint density at radius 2 is 2.18 bits per heavy atom. The lowest BCUT2D eigenvalue weighted by Gasteiger charge is -2.16. The van der Waals surface area contributed by atoms with Gasteiger partial charge in [0.25, 0.3) is 5.91 Å². The largest absolute Gasteiger partial charge is 0.478 e. The molecule has 5 nitrogen and oxygen atoms in total. The topological polar surface area (TPSA) is 73.6 Å². The Labute approximate surface area is 109 Å². The summed E-state index contributed by atoms with van der Waals surface area (Å²) < 4.78 is 10.2. The SMILES string of the molecule is COCC(Oc1ccc(Cl)c(Cl)c1)C(=O)NN. The first-order chi connectivity index (χ1) is 8.08. The van der Waals surface area contributed by atoms with Crippen LogP contribution in [0.5, 0.6) is 5.75 Å². The Hall–Kier alpha value is -1.01. The first kappa shape index (κ1) is 14.1. The lowest BCUT2D eigenvalue weighted by molar-refractivity contribution is -0.130.